The van der Waals surface area contributed by atoms with Crippen molar-refractivity contribution in [1.82, 2.24) is 5.32 Å². The Kier molecular flexibility index (Phi) is 7.22. The molecule has 0 heterocycles. The first-order valence-corrected chi connectivity index (χ1v) is 6.79. The van der Waals surface area contributed by atoms with Crippen LogP contribution >= 0.6 is 0 Å². The average molecular weight is 269 g/mol. The number of hydrogen-bond acceptors (Lipinski definition) is 4. The lowest BCUT2D eigenvalue weighted by Gasteiger charge is -2.21. The molecule has 0 aromatic carbocycles. The summed E-state index contributed by atoms with van der Waals surface area (Å²) < 4.78 is 5.28. The van der Waals surface area contributed by atoms with Gasteiger partial charge in [0.2, 0.25) is 5.91 Å². The molecule has 5 heteroatoms. The Balaban J connectivity index is 2.43. The fraction of sp³-hybridized carbons (Fsp3) is 0.643. The van der Waals surface area contributed by atoms with E-state index in [1.807, 2.05) is 0 Å². The van der Waals surface area contributed by atoms with Crippen LogP contribution in [-0.4, -0.2) is 42.0 Å². The van der Waals surface area contributed by atoms with Gasteiger partial charge >= 0.3 is 0 Å². The minimum atomic E-state index is -0.534. The number of hydrogen-bond donors (Lipinski definition) is 3. The highest BCUT2D eigenvalue weighted by molar-refractivity contribution is 5.94. The predicted octanol–water partition coefficient (Wildman–Crippen LogP) is 1.44. The zero-order chi connectivity index (χ0) is 14.1. The van der Waals surface area contributed by atoms with Gasteiger partial charge in [-0.05, 0) is 12.5 Å². The van der Waals surface area contributed by atoms with Crippen LogP contribution in [0.25, 0.3) is 0 Å². The Hall–Kier alpha value is -1.33. The van der Waals surface area contributed by atoms with Crippen LogP contribution in [0.3, 0.4) is 0 Å². The van der Waals surface area contributed by atoms with Gasteiger partial charge in [0.15, 0.2) is 0 Å². The predicted molar refractivity (Wildman–Crippen MR) is 72.8 cm³/mol. The molecule has 0 spiro atoms. The number of aliphatic hydroxyl groups is 2. The second-order valence-corrected chi connectivity index (χ2v) is 4.53. The van der Waals surface area contributed by atoms with Crippen LogP contribution < -0.4 is 5.32 Å². The molecule has 0 aromatic rings. The van der Waals surface area contributed by atoms with Crippen molar-refractivity contribution in [3.05, 3.63) is 23.5 Å². The zero-order valence-corrected chi connectivity index (χ0v) is 11.4. The minimum Gasteiger partial charge on any atom is -0.510 e. The van der Waals surface area contributed by atoms with Crippen LogP contribution in [0.2, 0.25) is 0 Å². The molecular formula is C14H23NO4. The Labute approximate surface area is 114 Å². The molecule has 1 rings (SSSR count). The van der Waals surface area contributed by atoms with Crippen molar-refractivity contribution < 1.29 is 19.7 Å². The van der Waals surface area contributed by atoms with Gasteiger partial charge in [0.1, 0.15) is 11.9 Å². The maximum absolute atomic E-state index is 11.9. The molecule has 19 heavy (non-hydrogen) atoms. The highest BCUT2D eigenvalue weighted by Gasteiger charge is 2.22. The van der Waals surface area contributed by atoms with Gasteiger partial charge < -0.3 is 20.3 Å². The van der Waals surface area contributed by atoms with Crippen molar-refractivity contribution in [2.45, 2.75) is 38.7 Å². The largest absolute Gasteiger partial charge is 0.510 e. The van der Waals surface area contributed by atoms with Crippen LogP contribution in [0.1, 0.15) is 32.6 Å². The summed E-state index contributed by atoms with van der Waals surface area (Å²) in [6, 6.07) is 0. The topological polar surface area (TPSA) is 78.8 Å². The lowest BCUT2D eigenvalue weighted by Crippen LogP contribution is -2.30. The molecule has 108 valence electrons. The Bertz CT molecular complexity index is 349. The molecule has 0 bridgehead atoms. The number of carbonyl (C=O) groups is 1. The lowest BCUT2D eigenvalue weighted by molar-refractivity contribution is -0.118. The maximum Gasteiger partial charge on any atom is 0.247 e. The van der Waals surface area contributed by atoms with Crippen LogP contribution in [-0.2, 0) is 9.53 Å². The quantitative estimate of drug-likeness (QED) is 0.583. The highest BCUT2D eigenvalue weighted by atomic mass is 16.5. The SMILES string of the molecule is CCCCCNC(=O)C1=CC=C(O)C(OCCO)C1. The fourth-order valence-corrected chi connectivity index (χ4v) is 1.86. The first-order valence-electron chi connectivity index (χ1n) is 6.79. The molecule has 1 atom stereocenters. The highest BCUT2D eigenvalue weighted by Crippen LogP contribution is 2.20. The fourth-order valence-electron chi connectivity index (χ4n) is 1.86. The van der Waals surface area contributed by atoms with Gasteiger partial charge in [-0.2, -0.15) is 0 Å². The van der Waals surface area contributed by atoms with Gasteiger partial charge in [0.05, 0.1) is 13.2 Å². The third kappa shape index (κ3) is 5.44. The van der Waals surface area contributed by atoms with Crippen LogP contribution in [0, 0.1) is 0 Å². The summed E-state index contributed by atoms with van der Waals surface area (Å²) in [6.07, 6.45) is 6.08. The standard InChI is InChI=1S/C14H23NO4/c1-2-3-4-7-15-14(18)11-5-6-12(17)13(10-11)19-9-8-16/h5-6,13,16-17H,2-4,7-10H2,1H3,(H,15,18). The summed E-state index contributed by atoms with van der Waals surface area (Å²) in [7, 11) is 0. The third-order valence-electron chi connectivity index (χ3n) is 2.96. The van der Waals surface area contributed by atoms with E-state index in [1.54, 1.807) is 6.08 Å². The van der Waals surface area contributed by atoms with Gasteiger partial charge in [0, 0.05) is 18.5 Å². The molecule has 0 saturated carbocycles. The first-order chi connectivity index (χ1) is 9.19. The molecule has 0 aliphatic heterocycles. The number of aliphatic hydroxyl groups excluding tert-OH is 2. The van der Waals surface area contributed by atoms with E-state index in [0.717, 1.165) is 19.3 Å². The van der Waals surface area contributed by atoms with Gasteiger partial charge in [-0.3, -0.25) is 4.79 Å². The molecule has 3 N–H and O–H groups in total. The molecule has 5 nitrogen and oxygen atoms in total. The number of ether oxygens (including phenoxy) is 1. The van der Waals surface area contributed by atoms with Crippen LogP contribution in [0.15, 0.2) is 23.5 Å². The monoisotopic (exact) mass is 269 g/mol. The molecule has 0 saturated heterocycles. The van der Waals surface area contributed by atoms with E-state index in [4.69, 9.17) is 9.84 Å². The smallest absolute Gasteiger partial charge is 0.247 e. The number of allylic oxidation sites excluding steroid dienone is 2. The lowest BCUT2D eigenvalue weighted by atomic mass is 10.00. The van der Waals surface area contributed by atoms with Crippen molar-refractivity contribution in [2.75, 3.05) is 19.8 Å². The molecule has 0 fully saturated rings. The number of unbranched alkanes of at least 4 members (excludes halogenated alkanes) is 2. The van der Waals surface area contributed by atoms with E-state index in [9.17, 15) is 9.90 Å². The van der Waals surface area contributed by atoms with E-state index in [0.29, 0.717) is 18.5 Å². The molecule has 1 aliphatic carbocycles. The Morgan fingerprint density at radius 1 is 1.47 bits per heavy atom. The summed E-state index contributed by atoms with van der Waals surface area (Å²) >= 11 is 0. The maximum atomic E-state index is 11.9. The summed E-state index contributed by atoms with van der Waals surface area (Å²) in [5, 5.41) is 21.2. The average Bonchev–Trinajstić information content (AvgIpc) is 2.42. The van der Waals surface area contributed by atoms with Crippen molar-refractivity contribution in [3.8, 4) is 0 Å². The Morgan fingerprint density at radius 2 is 2.26 bits per heavy atom. The normalized spacial score (nSPS) is 18.7. The molecule has 1 amide bonds. The van der Waals surface area contributed by atoms with E-state index < -0.39 is 6.10 Å². The number of nitrogens with one attached hydrogen (secondary N) is 1. The zero-order valence-electron chi connectivity index (χ0n) is 11.4. The van der Waals surface area contributed by atoms with Crippen molar-refractivity contribution in [2.24, 2.45) is 0 Å². The number of carbonyl (C=O) groups excluding carboxylic acids is 1. The minimum absolute atomic E-state index is 0.0935. The second kappa shape index (κ2) is 8.72. The molecule has 0 radical (unpaired) electrons. The molecule has 1 unspecified atom stereocenters. The molecular weight excluding hydrogens is 246 g/mol. The van der Waals surface area contributed by atoms with Gasteiger partial charge in [-0.1, -0.05) is 25.8 Å². The van der Waals surface area contributed by atoms with Gasteiger partial charge in [0.25, 0.3) is 0 Å². The van der Waals surface area contributed by atoms with Gasteiger partial charge in [-0.25, -0.2) is 0 Å². The second-order valence-electron chi connectivity index (χ2n) is 4.53. The summed E-state index contributed by atoms with van der Waals surface area (Å²) in [5.41, 5.74) is 0.595. The van der Waals surface area contributed by atoms with Gasteiger partial charge in [-0.15, -0.1) is 0 Å². The van der Waals surface area contributed by atoms with Crippen molar-refractivity contribution >= 4 is 5.91 Å². The Morgan fingerprint density at radius 3 is 2.95 bits per heavy atom. The first kappa shape index (κ1) is 15.7. The van der Waals surface area contributed by atoms with E-state index in [-0.39, 0.29) is 24.9 Å². The van der Waals surface area contributed by atoms with Crippen LogP contribution in [0.4, 0.5) is 0 Å². The molecule has 1 aliphatic rings. The van der Waals surface area contributed by atoms with E-state index >= 15 is 0 Å². The van der Waals surface area contributed by atoms with E-state index in [1.165, 1.54) is 6.08 Å². The summed E-state index contributed by atoms with van der Waals surface area (Å²) in [4.78, 5) is 11.9. The van der Waals surface area contributed by atoms with Crippen molar-refractivity contribution in [1.29, 1.82) is 0 Å². The van der Waals surface area contributed by atoms with Crippen molar-refractivity contribution in [3.63, 3.8) is 0 Å². The summed E-state index contributed by atoms with van der Waals surface area (Å²) in [6.45, 7) is 2.82. The number of rotatable bonds is 8. The summed E-state index contributed by atoms with van der Waals surface area (Å²) in [5.74, 6) is -0.0200. The van der Waals surface area contributed by atoms with Crippen LogP contribution in [0.5, 0.6) is 0 Å². The van der Waals surface area contributed by atoms with E-state index in [2.05, 4.69) is 12.2 Å². The molecule has 0 aromatic heterocycles. The number of amides is 1. The third-order valence-corrected chi connectivity index (χ3v) is 2.96.